The zero-order valence-electron chi connectivity index (χ0n) is 8.88. The van der Waals surface area contributed by atoms with Gasteiger partial charge in [-0.05, 0) is 12.5 Å². The molecule has 1 rings (SSSR count). The minimum atomic E-state index is -1.14. The lowest BCUT2D eigenvalue weighted by molar-refractivity contribution is -0.131. The third-order valence-electron chi connectivity index (χ3n) is 2.04. The number of benzene rings is 1. The van der Waals surface area contributed by atoms with Crippen molar-refractivity contribution in [1.82, 2.24) is 5.32 Å². The Morgan fingerprint density at radius 2 is 1.88 bits per heavy atom. The summed E-state index contributed by atoms with van der Waals surface area (Å²) in [7, 11) is 0. The summed E-state index contributed by atoms with van der Waals surface area (Å²) in [6, 6.07) is 9.29. The molecule has 0 heterocycles. The van der Waals surface area contributed by atoms with Crippen LogP contribution in [0, 0.1) is 0 Å². The second-order valence-corrected chi connectivity index (χ2v) is 3.31. The molecular weight excluding hydrogens is 206 g/mol. The molecule has 0 fully saturated rings. The fourth-order valence-electron chi connectivity index (χ4n) is 1.23. The quantitative estimate of drug-likeness (QED) is 0.754. The van der Waals surface area contributed by atoms with E-state index >= 15 is 0 Å². The van der Waals surface area contributed by atoms with Crippen LogP contribution in [0.4, 0.5) is 0 Å². The molecular formula is C12H13NO3. The van der Waals surface area contributed by atoms with Gasteiger partial charge in [0.2, 0.25) is 5.91 Å². The summed E-state index contributed by atoms with van der Waals surface area (Å²) >= 11 is 0. The molecule has 1 aromatic carbocycles. The van der Waals surface area contributed by atoms with Crippen molar-refractivity contribution in [2.45, 2.75) is 13.0 Å². The van der Waals surface area contributed by atoms with E-state index in [0.29, 0.717) is 0 Å². The van der Waals surface area contributed by atoms with E-state index in [9.17, 15) is 9.59 Å². The van der Waals surface area contributed by atoms with Crippen LogP contribution in [-0.2, 0) is 9.59 Å². The summed E-state index contributed by atoms with van der Waals surface area (Å²) in [5.41, 5.74) is 0.972. The third-order valence-corrected chi connectivity index (χ3v) is 2.04. The van der Waals surface area contributed by atoms with Gasteiger partial charge in [0.1, 0.15) is 0 Å². The van der Waals surface area contributed by atoms with E-state index in [1.165, 1.54) is 0 Å². The number of rotatable bonds is 4. The highest BCUT2D eigenvalue weighted by molar-refractivity contribution is 5.94. The topological polar surface area (TPSA) is 66.4 Å². The molecule has 4 heteroatoms. The minimum absolute atomic E-state index is 0.146. The van der Waals surface area contributed by atoms with Crippen LogP contribution in [0.3, 0.4) is 0 Å². The monoisotopic (exact) mass is 219 g/mol. The molecule has 0 spiro atoms. The number of hydrogen-bond donors (Lipinski definition) is 2. The second kappa shape index (κ2) is 5.70. The first-order valence-corrected chi connectivity index (χ1v) is 4.86. The highest BCUT2D eigenvalue weighted by Gasteiger charge is 2.06. The Morgan fingerprint density at radius 1 is 1.25 bits per heavy atom. The van der Waals surface area contributed by atoms with Crippen LogP contribution in [0.2, 0.25) is 0 Å². The highest BCUT2D eigenvalue weighted by Crippen LogP contribution is 2.10. The molecule has 0 saturated carbocycles. The Hall–Kier alpha value is -2.10. The van der Waals surface area contributed by atoms with Crippen LogP contribution in [-0.4, -0.2) is 17.0 Å². The molecule has 1 atom stereocenters. The Balaban J connectivity index is 2.55. The first kappa shape index (κ1) is 12.0. The zero-order valence-corrected chi connectivity index (χ0v) is 8.88. The molecule has 0 aromatic heterocycles. The van der Waals surface area contributed by atoms with Gasteiger partial charge in [0.25, 0.3) is 0 Å². The molecule has 0 bridgehead atoms. The molecule has 1 unspecified atom stereocenters. The van der Waals surface area contributed by atoms with Gasteiger partial charge in [-0.15, -0.1) is 0 Å². The number of carbonyl (C=O) groups is 2. The molecule has 84 valence electrons. The van der Waals surface area contributed by atoms with Crippen molar-refractivity contribution in [1.29, 1.82) is 0 Å². The van der Waals surface area contributed by atoms with Gasteiger partial charge in [-0.3, -0.25) is 4.79 Å². The maximum Gasteiger partial charge on any atom is 0.328 e. The van der Waals surface area contributed by atoms with Crippen LogP contribution < -0.4 is 5.32 Å². The van der Waals surface area contributed by atoms with Crippen molar-refractivity contribution in [3.8, 4) is 0 Å². The molecule has 1 aromatic rings. The largest absolute Gasteiger partial charge is 0.478 e. The lowest BCUT2D eigenvalue weighted by Gasteiger charge is -2.12. The second-order valence-electron chi connectivity index (χ2n) is 3.31. The summed E-state index contributed by atoms with van der Waals surface area (Å²) in [6.45, 7) is 1.84. The number of carboxylic acid groups (broad SMARTS) is 1. The number of aliphatic carboxylic acids is 1. The van der Waals surface area contributed by atoms with E-state index in [-0.39, 0.29) is 6.04 Å². The Morgan fingerprint density at radius 3 is 2.44 bits per heavy atom. The van der Waals surface area contributed by atoms with Gasteiger partial charge in [0.05, 0.1) is 6.04 Å². The van der Waals surface area contributed by atoms with Gasteiger partial charge in [0, 0.05) is 12.2 Å². The highest BCUT2D eigenvalue weighted by atomic mass is 16.4. The molecule has 0 aliphatic rings. The Kier molecular flexibility index (Phi) is 4.27. The SMILES string of the molecule is CC(NC(=O)/C=C\C(=O)O)c1ccccc1. The zero-order chi connectivity index (χ0) is 12.0. The van der Waals surface area contributed by atoms with E-state index in [2.05, 4.69) is 5.32 Å². The van der Waals surface area contributed by atoms with Crippen LogP contribution >= 0.6 is 0 Å². The minimum Gasteiger partial charge on any atom is -0.478 e. The third kappa shape index (κ3) is 3.96. The van der Waals surface area contributed by atoms with Gasteiger partial charge in [-0.2, -0.15) is 0 Å². The molecule has 1 amide bonds. The standard InChI is InChI=1S/C12H13NO3/c1-9(10-5-3-2-4-6-10)13-11(14)7-8-12(15)16/h2-9H,1H3,(H,13,14)(H,15,16)/b8-7-. The molecule has 0 saturated heterocycles. The molecule has 0 aliphatic heterocycles. The lowest BCUT2D eigenvalue weighted by atomic mass is 10.1. The summed E-state index contributed by atoms with van der Waals surface area (Å²) in [5.74, 6) is -1.55. The van der Waals surface area contributed by atoms with E-state index in [0.717, 1.165) is 17.7 Å². The van der Waals surface area contributed by atoms with E-state index in [1.54, 1.807) is 0 Å². The van der Waals surface area contributed by atoms with E-state index < -0.39 is 11.9 Å². The van der Waals surface area contributed by atoms with Crippen molar-refractivity contribution in [2.75, 3.05) is 0 Å². The van der Waals surface area contributed by atoms with Crippen LogP contribution in [0.5, 0.6) is 0 Å². The van der Waals surface area contributed by atoms with Crippen LogP contribution in [0.25, 0.3) is 0 Å². The fourth-order valence-corrected chi connectivity index (χ4v) is 1.23. The number of carbonyl (C=O) groups excluding carboxylic acids is 1. The molecule has 4 nitrogen and oxygen atoms in total. The van der Waals surface area contributed by atoms with Gasteiger partial charge in [-0.1, -0.05) is 30.3 Å². The van der Waals surface area contributed by atoms with Crippen molar-refractivity contribution in [3.05, 3.63) is 48.0 Å². The van der Waals surface area contributed by atoms with E-state index in [1.807, 2.05) is 37.3 Å². The average Bonchev–Trinajstić information content (AvgIpc) is 2.27. The molecule has 0 aliphatic carbocycles. The smallest absolute Gasteiger partial charge is 0.328 e. The number of hydrogen-bond acceptors (Lipinski definition) is 2. The van der Waals surface area contributed by atoms with Gasteiger partial charge in [0.15, 0.2) is 0 Å². The van der Waals surface area contributed by atoms with Gasteiger partial charge < -0.3 is 10.4 Å². The normalized spacial score (nSPS) is 12.3. The van der Waals surface area contributed by atoms with Crippen molar-refractivity contribution in [2.24, 2.45) is 0 Å². The Labute approximate surface area is 93.6 Å². The molecule has 16 heavy (non-hydrogen) atoms. The predicted octanol–water partition coefficient (Wildman–Crippen LogP) is 1.50. The lowest BCUT2D eigenvalue weighted by Crippen LogP contribution is -2.24. The first-order chi connectivity index (χ1) is 7.59. The van der Waals surface area contributed by atoms with Crippen LogP contribution in [0.15, 0.2) is 42.5 Å². The predicted molar refractivity (Wildman–Crippen MR) is 59.8 cm³/mol. The molecule has 0 radical (unpaired) electrons. The first-order valence-electron chi connectivity index (χ1n) is 4.86. The van der Waals surface area contributed by atoms with Crippen molar-refractivity contribution in [3.63, 3.8) is 0 Å². The average molecular weight is 219 g/mol. The fraction of sp³-hybridized carbons (Fsp3) is 0.167. The Bertz CT molecular complexity index is 398. The summed E-state index contributed by atoms with van der Waals surface area (Å²) < 4.78 is 0. The van der Waals surface area contributed by atoms with Crippen LogP contribution in [0.1, 0.15) is 18.5 Å². The van der Waals surface area contributed by atoms with Gasteiger partial charge in [-0.25, -0.2) is 4.79 Å². The number of carboxylic acids is 1. The summed E-state index contributed by atoms with van der Waals surface area (Å²) in [5, 5.41) is 11.0. The maximum atomic E-state index is 11.3. The summed E-state index contributed by atoms with van der Waals surface area (Å²) in [6.07, 6.45) is 1.81. The number of nitrogens with one attached hydrogen (secondary N) is 1. The number of amides is 1. The van der Waals surface area contributed by atoms with Crippen molar-refractivity contribution < 1.29 is 14.7 Å². The maximum absolute atomic E-state index is 11.3. The molecule has 2 N–H and O–H groups in total. The van der Waals surface area contributed by atoms with E-state index in [4.69, 9.17) is 5.11 Å². The van der Waals surface area contributed by atoms with Crippen molar-refractivity contribution >= 4 is 11.9 Å². The summed E-state index contributed by atoms with van der Waals surface area (Å²) in [4.78, 5) is 21.5. The van der Waals surface area contributed by atoms with Gasteiger partial charge >= 0.3 is 5.97 Å².